The molecule has 2 aromatic rings. The molecular weight excluding hydrogens is 305 g/mol. The Kier molecular flexibility index (Phi) is 5.43. The van der Waals surface area contributed by atoms with Crippen LogP contribution >= 0.6 is 23.2 Å². The van der Waals surface area contributed by atoms with Crippen molar-refractivity contribution >= 4 is 34.7 Å². The number of allylic oxidation sites excluding steroid dienone is 1. The molecule has 0 aliphatic heterocycles. The van der Waals surface area contributed by atoms with Gasteiger partial charge in [0.15, 0.2) is 5.78 Å². The molecule has 108 valence electrons. The maximum absolute atomic E-state index is 12.0. The summed E-state index contributed by atoms with van der Waals surface area (Å²) < 4.78 is 0. The molecule has 0 spiro atoms. The van der Waals surface area contributed by atoms with Gasteiger partial charge in [0, 0.05) is 22.9 Å². The molecular formula is C17H15Cl2NO. The van der Waals surface area contributed by atoms with E-state index in [0.29, 0.717) is 21.3 Å². The molecule has 0 heterocycles. The molecule has 2 rings (SSSR count). The quantitative estimate of drug-likeness (QED) is 0.593. The number of carbonyl (C=O) groups excluding carboxylic acids is 1. The van der Waals surface area contributed by atoms with Gasteiger partial charge in [0.25, 0.3) is 0 Å². The lowest BCUT2D eigenvalue weighted by atomic mass is 10.1. The predicted octanol–water partition coefficient (Wildman–Crippen LogP) is 5.36. The number of aryl methyl sites for hydroxylation is 1. The molecule has 0 aliphatic carbocycles. The molecule has 2 nitrogen and oxygen atoms in total. The second-order valence-corrected chi connectivity index (χ2v) is 5.36. The number of carbonyl (C=O) groups is 1. The van der Waals surface area contributed by atoms with E-state index in [4.69, 9.17) is 23.2 Å². The summed E-state index contributed by atoms with van der Waals surface area (Å²) >= 11 is 11.9. The van der Waals surface area contributed by atoms with Gasteiger partial charge in [-0.2, -0.15) is 0 Å². The smallest absolute Gasteiger partial charge is 0.187 e. The largest absolute Gasteiger partial charge is 0.360 e. The van der Waals surface area contributed by atoms with E-state index >= 15 is 0 Å². The number of hydrogen-bond acceptors (Lipinski definition) is 2. The van der Waals surface area contributed by atoms with Crippen LogP contribution in [0.15, 0.2) is 54.7 Å². The molecule has 0 unspecified atom stereocenters. The minimum Gasteiger partial charge on any atom is -0.360 e. The van der Waals surface area contributed by atoms with Gasteiger partial charge in [0.1, 0.15) is 0 Å². The minimum absolute atomic E-state index is 0.0600. The molecule has 0 fully saturated rings. The lowest BCUT2D eigenvalue weighted by Crippen LogP contribution is -1.97. The van der Waals surface area contributed by atoms with Crippen LogP contribution < -0.4 is 5.32 Å². The van der Waals surface area contributed by atoms with Gasteiger partial charge in [0.05, 0.1) is 10.7 Å². The van der Waals surface area contributed by atoms with Crippen molar-refractivity contribution < 1.29 is 4.79 Å². The van der Waals surface area contributed by atoms with Gasteiger partial charge in [-0.05, 0) is 30.2 Å². The third-order valence-corrected chi connectivity index (χ3v) is 3.60. The summed E-state index contributed by atoms with van der Waals surface area (Å²) in [5, 5.41) is 4.05. The normalized spacial score (nSPS) is 10.8. The maximum Gasteiger partial charge on any atom is 0.187 e. The molecule has 4 heteroatoms. The molecule has 0 saturated heterocycles. The number of benzene rings is 2. The zero-order chi connectivity index (χ0) is 15.2. The molecule has 2 aromatic carbocycles. The highest BCUT2D eigenvalue weighted by atomic mass is 35.5. The SMILES string of the molecule is CCc1ccc(C(=O)/C=C/Nc2ccc(Cl)cc2Cl)cc1. The highest BCUT2D eigenvalue weighted by Gasteiger charge is 2.02. The van der Waals surface area contributed by atoms with Crippen molar-refractivity contribution in [2.45, 2.75) is 13.3 Å². The lowest BCUT2D eigenvalue weighted by Gasteiger charge is -2.04. The van der Waals surface area contributed by atoms with E-state index in [2.05, 4.69) is 12.2 Å². The Balaban J connectivity index is 2.01. The van der Waals surface area contributed by atoms with Crippen LogP contribution in [-0.2, 0) is 6.42 Å². The predicted molar refractivity (Wildman–Crippen MR) is 89.4 cm³/mol. The topological polar surface area (TPSA) is 29.1 Å². The first kappa shape index (κ1) is 15.6. The summed E-state index contributed by atoms with van der Waals surface area (Å²) in [7, 11) is 0. The van der Waals surface area contributed by atoms with Crippen molar-refractivity contribution in [3.05, 3.63) is 75.9 Å². The third kappa shape index (κ3) is 4.35. The van der Waals surface area contributed by atoms with E-state index in [1.807, 2.05) is 24.3 Å². The Morgan fingerprint density at radius 3 is 2.48 bits per heavy atom. The highest BCUT2D eigenvalue weighted by molar-refractivity contribution is 6.36. The fraction of sp³-hybridized carbons (Fsp3) is 0.118. The van der Waals surface area contributed by atoms with Gasteiger partial charge in [-0.15, -0.1) is 0 Å². The summed E-state index contributed by atoms with van der Waals surface area (Å²) in [6.07, 6.45) is 4.01. The van der Waals surface area contributed by atoms with Gasteiger partial charge in [-0.25, -0.2) is 0 Å². The van der Waals surface area contributed by atoms with E-state index in [-0.39, 0.29) is 5.78 Å². The minimum atomic E-state index is -0.0600. The van der Waals surface area contributed by atoms with Crippen LogP contribution in [0.5, 0.6) is 0 Å². The van der Waals surface area contributed by atoms with Crippen LogP contribution in [0.25, 0.3) is 0 Å². The van der Waals surface area contributed by atoms with E-state index in [1.54, 1.807) is 24.4 Å². The van der Waals surface area contributed by atoms with Crippen molar-refractivity contribution in [1.82, 2.24) is 0 Å². The second kappa shape index (κ2) is 7.30. The zero-order valence-electron chi connectivity index (χ0n) is 11.6. The maximum atomic E-state index is 12.0. The van der Waals surface area contributed by atoms with Gasteiger partial charge in [-0.1, -0.05) is 54.4 Å². The summed E-state index contributed by atoms with van der Waals surface area (Å²) in [6, 6.07) is 12.7. The molecule has 0 bridgehead atoms. The molecule has 0 aliphatic rings. The Morgan fingerprint density at radius 2 is 1.86 bits per heavy atom. The van der Waals surface area contributed by atoms with E-state index in [9.17, 15) is 4.79 Å². The number of nitrogens with one attached hydrogen (secondary N) is 1. The molecule has 1 N–H and O–H groups in total. The zero-order valence-corrected chi connectivity index (χ0v) is 13.1. The molecule has 0 amide bonds. The van der Waals surface area contributed by atoms with Gasteiger partial charge in [-0.3, -0.25) is 4.79 Å². The Morgan fingerprint density at radius 1 is 1.14 bits per heavy atom. The van der Waals surface area contributed by atoms with Crippen molar-refractivity contribution in [3.8, 4) is 0 Å². The van der Waals surface area contributed by atoms with Crippen molar-refractivity contribution in [1.29, 1.82) is 0 Å². The van der Waals surface area contributed by atoms with Gasteiger partial charge < -0.3 is 5.32 Å². The molecule has 0 radical (unpaired) electrons. The van der Waals surface area contributed by atoms with Crippen LogP contribution in [0.2, 0.25) is 10.0 Å². The molecule has 21 heavy (non-hydrogen) atoms. The fourth-order valence-corrected chi connectivity index (χ4v) is 2.28. The van der Waals surface area contributed by atoms with Crippen molar-refractivity contribution in [2.24, 2.45) is 0 Å². The van der Waals surface area contributed by atoms with Crippen LogP contribution in [-0.4, -0.2) is 5.78 Å². The highest BCUT2D eigenvalue weighted by Crippen LogP contribution is 2.25. The number of hydrogen-bond donors (Lipinski definition) is 1. The second-order valence-electron chi connectivity index (χ2n) is 4.52. The van der Waals surface area contributed by atoms with E-state index < -0.39 is 0 Å². The van der Waals surface area contributed by atoms with Crippen LogP contribution in [0.4, 0.5) is 5.69 Å². The monoisotopic (exact) mass is 319 g/mol. The average Bonchev–Trinajstić information content (AvgIpc) is 2.49. The Labute approximate surface area is 134 Å². The Hall–Kier alpha value is -1.77. The average molecular weight is 320 g/mol. The number of anilines is 1. The van der Waals surface area contributed by atoms with Crippen LogP contribution in [0.1, 0.15) is 22.8 Å². The third-order valence-electron chi connectivity index (χ3n) is 3.05. The first-order valence-electron chi connectivity index (χ1n) is 6.61. The van der Waals surface area contributed by atoms with E-state index in [0.717, 1.165) is 6.42 Å². The first-order valence-corrected chi connectivity index (χ1v) is 7.37. The number of ketones is 1. The summed E-state index contributed by atoms with van der Waals surface area (Å²) in [5.74, 6) is -0.0600. The van der Waals surface area contributed by atoms with Gasteiger partial charge in [0.2, 0.25) is 0 Å². The molecule has 0 atom stereocenters. The van der Waals surface area contributed by atoms with Crippen molar-refractivity contribution in [2.75, 3.05) is 5.32 Å². The van der Waals surface area contributed by atoms with E-state index in [1.165, 1.54) is 11.6 Å². The fourth-order valence-electron chi connectivity index (χ4n) is 1.81. The van der Waals surface area contributed by atoms with Crippen LogP contribution in [0, 0.1) is 0 Å². The number of rotatable bonds is 5. The molecule has 0 saturated carbocycles. The van der Waals surface area contributed by atoms with Crippen LogP contribution in [0.3, 0.4) is 0 Å². The van der Waals surface area contributed by atoms with Gasteiger partial charge >= 0.3 is 0 Å². The Bertz CT molecular complexity index is 663. The summed E-state index contributed by atoms with van der Waals surface area (Å²) in [6.45, 7) is 2.08. The summed E-state index contributed by atoms with van der Waals surface area (Å²) in [5.41, 5.74) is 2.57. The number of halogens is 2. The standard InChI is InChI=1S/C17H15Cl2NO/c1-2-12-3-5-13(6-4-12)17(21)9-10-20-16-8-7-14(18)11-15(16)19/h3-11,20H,2H2,1H3/b10-9+. The van der Waals surface area contributed by atoms with Crippen molar-refractivity contribution in [3.63, 3.8) is 0 Å². The lowest BCUT2D eigenvalue weighted by molar-refractivity contribution is 0.104. The molecule has 0 aromatic heterocycles. The first-order chi connectivity index (χ1) is 10.1. The summed E-state index contributed by atoms with van der Waals surface area (Å²) in [4.78, 5) is 12.0.